The summed E-state index contributed by atoms with van der Waals surface area (Å²) in [5, 5.41) is 3.49. The molecule has 0 amide bonds. The van der Waals surface area contributed by atoms with Gasteiger partial charge in [0.25, 0.3) is 0 Å². The molecule has 0 saturated heterocycles. The first kappa shape index (κ1) is 12.7. The van der Waals surface area contributed by atoms with Gasteiger partial charge < -0.3 is 5.32 Å². The Kier molecular flexibility index (Phi) is 5.60. The molecule has 1 heterocycles. The molecular formula is C14H20N2. The third kappa shape index (κ3) is 3.67. The molecule has 0 spiro atoms. The molecule has 1 unspecified atom stereocenters. The fourth-order valence-corrected chi connectivity index (χ4v) is 1.82. The third-order valence-electron chi connectivity index (χ3n) is 2.61. The number of aryl methyl sites for hydroxylation is 1. The minimum absolute atomic E-state index is 0.375. The van der Waals surface area contributed by atoms with Gasteiger partial charge in [0.15, 0.2) is 0 Å². The summed E-state index contributed by atoms with van der Waals surface area (Å²) in [7, 11) is 0. The van der Waals surface area contributed by atoms with Crippen molar-refractivity contribution in [2.45, 2.75) is 39.7 Å². The Morgan fingerprint density at radius 3 is 2.94 bits per heavy atom. The highest BCUT2D eigenvalue weighted by Gasteiger charge is 2.11. The molecule has 16 heavy (non-hydrogen) atoms. The molecule has 0 bridgehead atoms. The van der Waals surface area contributed by atoms with E-state index < -0.39 is 0 Å². The van der Waals surface area contributed by atoms with Crippen molar-refractivity contribution in [1.29, 1.82) is 0 Å². The van der Waals surface area contributed by atoms with E-state index >= 15 is 0 Å². The standard InChI is InChI=1S/C14H20N2/c1-4-6-7-10-14(15-5-2)13-9-8-11-16-12(13)3/h8-9,11,14-15H,5,7,10H2,1-3H3. The van der Waals surface area contributed by atoms with Crippen LogP contribution >= 0.6 is 0 Å². The molecule has 0 saturated carbocycles. The highest BCUT2D eigenvalue weighted by molar-refractivity contribution is 5.22. The van der Waals surface area contributed by atoms with E-state index in [4.69, 9.17) is 0 Å². The van der Waals surface area contributed by atoms with Gasteiger partial charge in [-0.25, -0.2) is 0 Å². The normalized spacial score (nSPS) is 11.7. The third-order valence-corrected chi connectivity index (χ3v) is 2.61. The Morgan fingerprint density at radius 1 is 1.50 bits per heavy atom. The van der Waals surface area contributed by atoms with Crippen LogP contribution in [-0.2, 0) is 0 Å². The second kappa shape index (κ2) is 7.03. The zero-order valence-corrected chi connectivity index (χ0v) is 10.4. The van der Waals surface area contributed by atoms with Gasteiger partial charge in [-0.2, -0.15) is 0 Å². The molecule has 86 valence electrons. The van der Waals surface area contributed by atoms with Crippen molar-refractivity contribution in [3.63, 3.8) is 0 Å². The molecule has 0 fully saturated rings. The molecule has 1 aromatic heterocycles. The maximum absolute atomic E-state index is 4.33. The molecular weight excluding hydrogens is 196 g/mol. The van der Waals surface area contributed by atoms with Gasteiger partial charge in [-0.15, -0.1) is 11.8 Å². The zero-order chi connectivity index (χ0) is 11.8. The summed E-state index contributed by atoms with van der Waals surface area (Å²) < 4.78 is 0. The molecule has 0 aliphatic carbocycles. The quantitative estimate of drug-likeness (QED) is 0.766. The molecule has 2 heteroatoms. The van der Waals surface area contributed by atoms with Crippen molar-refractivity contribution in [3.05, 3.63) is 29.6 Å². The van der Waals surface area contributed by atoms with Crippen molar-refractivity contribution >= 4 is 0 Å². The number of pyridine rings is 1. The Labute approximate surface area is 98.5 Å². The van der Waals surface area contributed by atoms with Gasteiger partial charge in [0.05, 0.1) is 0 Å². The van der Waals surface area contributed by atoms with Crippen LogP contribution in [0.25, 0.3) is 0 Å². The summed E-state index contributed by atoms with van der Waals surface area (Å²) >= 11 is 0. The number of rotatable bonds is 5. The van der Waals surface area contributed by atoms with Gasteiger partial charge in [-0.1, -0.05) is 13.0 Å². The largest absolute Gasteiger partial charge is 0.310 e. The summed E-state index contributed by atoms with van der Waals surface area (Å²) in [5.74, 6) is 6.05. The smallest absolute Gasteiger partial charge is 0.0420 e. The maximum atomic E-state index is 4.33. The van der Waals surface area contributed by atoms with Crippen LogP contribution in [0.4, 0.5) is 0 Å². The highest BCUT2D eigenvalue weighted by Crippen LogP contribution is 2.20. The lowest BCUT2D eigenvalue weighted by Crippen LogP contribution is -2.21. The Balaban J connectivity index is 2.75. The van der Waals surface area contributed by atoms with Gasteiger partial charge in [-0.3, -0.25) is 4.98 Å². The fraction of sp³-hybridized carbons (Fsp3) is 0.500. The fourth-order valence-electron chi connectivity index (χ4n) is 1.82. The minimum Gasteiger partial charge on any atom is -0.310 e. The maximum Gasteiger partial charge on any atom is 0.0420 e. The van der Waals surface area contributed by atoms with E-state index in [0.29, 0.717) is 6.04 Å². The van der Waals surface area contributed by atoms with E-state index in [0.717, 1.165) is 25.1 Å². The van der Waals surface area contributed by atoms with E-state index in [1.807, 2.05) is 19.2 Å². The summed E-state index contributed by atoms with van der Waals surface area (Å²) in [5.41, 5.74) is 2.40. The van der Waals surface area contributed by atoms with Crippen molar-refractivity contribution in [3.8, 4) is 11.8 Å². The molecule has 0 aliphatic rings. The predicted octanol–water partition coefficient (Wildman–Crippen LogP) is 2.84. The Bertz CT molecular complexity index is 374. The summed E-state index contributed by atoms with van der Waals surface area (Å²) in [4.78, 5) is 4.33. The van der Waals surface area contributed by atoms with Gasteiger partial charge in [-0.05, 0) is 38.4 Å². The van der Waals surface area contributed by atoms with Gasteiger partial charge in [0.1, 0.15) is 0 Å². The van der Waals surface area contributed by atoms with Crippen molar-refractivity contribution in [1.82, 2.24) is 10.3 Å². The molecule has 1 N–H and O–H groups in total. The topological polar surface area (TPSA) is 24.9 Å². The molecule has 2 nitrogen and oxygen atoms in total. The lowest BCUT2D eigenvalue weighted by atomic mass is 10.0. The van der Waals surface area contributed by atoms with Crippen LogP contribution in [0.5, 0.6) is 0 Å². The summed E-state index contributed by atoms with van der Waals surface area (Å²) in [6.07, 6.45) is 3.82. The van der Waals surface area contributed by atoms with Crippen LogP contribution in [0.1, 0.15) is 44.0 Å². The number of nitrogens with one attached hydrogen (secondary N) is 1. The second-order valence-electron chi connectivity index (χ2n) is 3.75. The average Bonchev–Trinajstić information content (AvgIpc) is 2.29. The van der Waals surface area contributed by atoms with Gasteiger partial charge in [0.2, 0.25) is 0 Å². The SMILES string of the molecule is CC#CCCC(NCC)c1cccnc1C. The first-order valence-electron chi connectivity index (χ1n) is 5.84. The molecule has 0 radical (unpaired) electrons. The number of aromatic nitrogens is 1. The van der Waals surface area contributed by atoms with Crippen LogP contribution < -0.4 is 5.32 Å². The van der Waals surface area contributed by atoms with Crippen LogP contribution in [0, 0.1) is 18.8 Å². The van der Waals surface area contributed by atoms with Crippen molar-refractivity contribution in [2.24, 2.45) is 0 Å². The Hall–Kier alpha value is -1.33. The molecule has 1 atom stereocenters. The molecule has 0 aliphatic heterocycles. The number of nitrogens with zero attached hydrogens (tertiary/aromatic N) is 1. The average molecular weight is 216 g/mol. The van der Waals surface area contributed by atoms with E-state index in [2.05, 4.69) is 42.1 Å². The van der Waals surface area contributed by atoms with Gasteiger partial charge in [0, 0.05) is 24.4 Å². The first-order valence-corrected chi connectivity index (χ1v) is 5.84. The predicted molar refractivity (Wildman–Crippen MR) is 68.1 cm³/mol. The number of hydrogen-bond donors (Lipinski definition) is 1. The Morgan fingerprint density at radius 2 is 2.31 bits per heavy atom. The second-order valence-corrected chi connectivity index (χ2v) is 3.75. The van der Waals surface area contributed by atoms with E-state index in [-0.39, 0.29) is 0 Å². The summed E-state index contributed by atoms with van der Waals surface area (Å²) in [6, 6.07) is 4.52. The monoisotopic (exact) mass is 216 g/mol. The molecule has 0 aromatic carbocycles. The number of hydrogen-bond acceptors (Lipinski definition) is 2. The van der Waals surface area contributed by atoms with E-state index in [1.54, 1.807) is 0 Å². The molecule has 1 rings (SSSR count). The lowest BCUT2D eigenvalue weighted by Gasteiger charge is -2.18. The van der Waals surface area contributed by atoms with E-state index in [1.165, 1.54) is 5.56 Å². The summed E-state index contributed by atoms with van der Waals surface area (Å²) in [6.45, 7) is 7.05. The van der Waals surface area contributed by atoms with Crippen LogP contribution in [-0.4, -0.2) is 11.5 Å². The van der Waals surface area contributed by atoms with E-state index in [9.17, 15) is 0 Å². The zero-order valence-electron chi connectivity index (χ0n) is 10.4. The van der Waals surface area contributed by atoms with Crippen LogP contribution in [0.2, 0.25) is 0 Å². The van der Waals surface area contributed by atoms with Crippen molar-refractivity contribution in [2.75, 3.05) is 6.54 Å². The van der Waals surface area contributed by atoms with Crippen LogP contribution in [0.15, 0.2) is 18.3 Å². The van der Waals surface area contributed by atoms with Crippen molar-refractivity contribution < 1.29 is 0 Å². The highest BCUT2D eigenvalue weighted by atomic mass is 14.9. The lowest BCUT2D eigenvalue weighted by molar-refractivity contribution is 0.518. The molecule has 1 aromatic rings. The van der Waals surface area contributed by atoms with Gasteiger partial charge >= 0.3 is 0 Å². The minimum atomic E-state index is 0.375. The first-order chi connectivity index (χ1) is 7.79. The van der Waals surface area contributed by atoms with Crippen LogP contribution in [0.3, 0.4) is 0 Å².